The van der Waals surface area contributed by atoms with Crippen molar-refractivity contribution in [1.29, 1.82) is 0 Å². The highest BCUT2D eigenvalue weighted by molar-refractivity contribution is 5.58. The van der Waals surface area contributed by atoms with Gasteiger partial charge in [-0.05, 0) is 51.3 Å². The molecule has 1 N–H and O–H groups in total. The summed E-state index contributed by atoms with van der Waals surface area (Å²) < 4.78 is 11.4. The van der Waals surface area contributed by atoms with E-state index in [0.29, 0.717) is 31.3 Å². The van der Waals surface area contributed by atoms with Crippen molar-refractivity contribution in [3.8, 4) is 11.5 Å². The van der Waals surface area contributed by atoms with Crippen LogP contribution < -0.4 is 19.7 Å². The molecule has 2 unspecified atom stereocenters. The summed E-state index contributed by atoms with van der Waals surface area (Å²) in [4.78, 5) is 2.65. The Kier molecular flexibility index (Phi) is 3.42. The topological polar surface area (TPSA) is 33.7 Å². The van der Waals surface area contributed by atoms with E-state index in [9.17, 15) is 0 Å². The van der Waals surface area contributed by atoms with Crippen LogP contribution in [0.15, 0.2) is 18.2 Å². The average Bonchev–Trinajstić information content (AvgIpc) is 2.53. The molecule has 0 amide bonds. The van der Waals surface area contributed by atoms with E-state index in [0.717, 1.165) is 11.5 Å². The lowest BCUT2D eigenvalue weighted by molar-refractivity contribution is 0.171. The molecule has 0 radical (unpaired) electrons. The Morgan fingerprint density at radius 1 is 1.05 bits per heavy atom. The van der Waals surface area contributed by atoms with E-state index in [1.807, 2.05) is 0 Å². The van der Waals surface area contributed by atoms with Gasteiger partial charge in [-0.2, -0.15) is 0 Å². The molecule has 2 fully saturated rings. The number of piperidine rings is 2. The van der Waals surface area contributed by atoms with Crippen LogP contribution in [-0.2, 0) is 0 Å². The van der Waals surface area contributed by atoms with Crippen LogP contribution >= 0.6 is 0 Å². The number of nitrogens with one attached hydrogen (secondary N) is 1. The van der Waals surface area contributed by atoms with Crippen LogP contribution in [0.2, 0.25) is 0 Å². The van der Waals surface area contributed by atoms with Crippen LogP contribution in [-0.4, -0.2) is 38.4 Å². The third kappa shape index (κ3) is 2.35. The maximum absolute atomic E-state index is 5.76. The molecule has 3 aliphatic rings. The number of rotatable bonds is 2. The van der Waals surface area contributed by atoms with Gasteiger partial charge >= 0.3 is 0 Å². The molecule has 2 bridgehead atoms. The lowest BCUT2D eigenvalue weighted by Crippen LogP contribution is -2.56. The predicted molar refractivity (Wildman–Crippen MR) is 83.4 cm³/mol. The summed E-state index contributed by atoms with van der Waals surface area (Å²) in [5.74, 6) is 1.80. The van der Waals surface area contributed by atoms with Crippen LogP contribution in [0.5, 0.6) is 11.5 Å². The zero-order chi connectivity index (χ0) is 14.2. The molecule has 2 saturated heterocycles. The fraction of sp³-hybridized carbons (Fsp3) is 0.647. The van der Waals surface area contributed by atoms with Crippen molar-refractivity contribution in [3.05, 3.63) is 18.2 Å². The van der Waals surface area contributed by atoms with Gasteiger partial charge in [0.25, 0.3) is 0 Å². The summed E-state index contributed by atoms with van der Waals surface area (Å²) in [5, 5.41) is 3.48. The summed E-state index contributed by atoms with van der Waals surface area (Å²) in [5.41, 5.74) is 1.31. The smallest absolute Gasteiger partial charge is 0.163 e. The van der Waals surface area contributed by atoms with Crippen LogP contribution in [0.3, 0.4) is 0 Å². The molecule has 3 heterocycles. The largest absolute Gasteiger partial charge is 0.486 e. The van der Waals surface area contributed by atoms with E-state index in [4.69, 9.17) is 9.47 Å². The molecule has 0 spiro atoms. The Labute approximate surface area is 126 Å². The van der Waals surface area contributed by atoms with E-state index in [2.05, 4.69) is 35.5 Å². The van der Waals surface area contributed by atoms with E-state index in [1.54, 1.807) is 0 Å². The van der Waals surface area contributed by atoms with Crippen molar-refractivity contribution in [2.24, 2.45) is 0 Å². The Morgan fingerprint density at radius 3 is 2.48 bits per heavy atom. The number of ether oxygens (including phenoxy) is 2. The number of nitrogens with zero attached hydrogens (tertiary/aromatic N) is 1. The molecule has 0 aromatic heterocycles. The molecular formula is C17H24N2O2. The van der Waals surface area contributed by atoms with Gasteiger partial charge in [-0.1, -0.05) is 0 Å². The highest BCUT2D eigenvalue weighted by Gasteiger charge is 2.38. The molecule has 4 heteroatoms. The highest BCUT2D eigenvalue weighted by atomic mass is 16.6. The number of hydrogen-bond donors (Lipinski definition) is 1. The van der Waals surface area contributed by atoms with Crippen LogP contribution in [0.25, 0.3) is 0 Å². The molecule has 4 nitrogen and oxygen atoms in total. The molecule has 1 aromatic carbocycles. The van der Waals surface area contributed by atoms with Gasteiger partial charge in [-0.15, -0.1) is 0 Å². The quantitative estimate of drug-likeness (QED) is 0.907. The van der Waals surface area contributed by atoms with Crippen molar-refractivity contribution in [3.63, 3.8) is 0 Å². The van der Waals surface area contributed by atoms with Crippen molar-refractivity contribution in [1.82, 2.24) is 5.32 Å². The number of fused-ring (bicyclic) bond motifs is 3. The predicted octanol–water partition coefficient (Wildman–Crippen LogP) is 2.57. The molecule has 4 rings (SSSR count). The highest BCUT2D eigenvalue weighted by Crippen LogP contribution is 2.41. The van der Waals surface area contributed by atoms with Crippen LogP contribution in [0.4, 0.5) is 5.69 Å². The number of benzene rings is 1. The molecule has 0 saturated carbocycles. The lowest BCUT2D eigenvalue weighted by atomic mass is 9.81. The first kappa shape index (κ1) is 13.3. The normalized spacial score (nSPS) is 31.1. The third-order valence-corrected chi connectivity index (χ3v) is 5.21. The molecule has 21 heavy (non-hydrogen) atoms. The van der Waals surface area contributed by atoms with E-state index >= 15 is 0 Å². The number of anilines is 1. The van der Waals surface area contributed by atoms with Gasteiger partial charge in [0, 0.05) is 29.9 Å². The Balaban J connectivity index is 1.63. The first-order valence-corrected chi connectivity index (χ1v) is 8.20. The molecule has 3 aliphatic heterocycles. The second-order valence-corrected chi connectivity index (χ2v) is 6.43. The van der Waals surface area contributed by atoms with Crippen LogP contribution in [0, 0.1) is 0 Å². The fourth-order valence-electron chi connectivity index (χ4n) is 4.23. The average molecular weight is 288 g/mol. The zero-order valence-corrected chi connectivity index (χ0v) is 12.7. The molecule has 114 valence electrons. The minimum atomic E-state index is 0.658. The van der Waals surface area contributed by atoms with Crippen LogP contribution in [0.1, 0.15) is 32.1 Å². The Hall–Kier alpha value is -1.42. The Bertz CT molecular complexity index is 506. The number of hydrogen-bond acceptors (Lipinski definition) is 4. The zero-order valence-electron chi connectivity index (χ0n) is 12.7. The summed E-state index contributed by atoms with van der Waals surface area (Å²) in [6.07, 6.45) is 6.49. The lowest BCUT2D eigenvalue weighted by Gasteiger charge is -2.50. The second-order valence-electron chi connectivity index (χ2n) is 6.43. The monoisotopic (exact) mass is 288 g/mol. The first-order valence-electron chi connectivity index (χ1n) is 8.20. The molecule has 1 aromatic rings. The minimum Gasteiger partial charge on any atom is -0.486 e. The SMILES string of the molecule is CNC1CC2CCCC(C1)N2c1ccc2c(c1)OCCO2. The van der Waals surface area contributed by atoms with Crippen molar-refractivity contribution in [2.45, 2.75) is 50.2 Å². The van der Waals surface area contributed by atoms with Gasteiger partial charge in [0.05, 0.1) is 0 Å². The van der Waals surface area contributed by atoms with Gasteiger partial charge < -0.3 is 19.7 Å². The third-order valence-electron chi connectivity index (χ3n) is 5.21. The van der Waals surface area contributed by atoms with Gasteiger partial charge in [-0.3, -0.25) is 0 Å². The maximum Gasteiger partial charge on any atom is 0.163 e. The Morgan fingerprint density at radius 2 is 1.76 bits per heavy atom. The first-order chi connectivity index (χ1) is 10.3. The van der Waals surface area contributed by atoms with E-state index < -0.39 is 0 Å². The van der Waals surface area contributed by atoms with Crippen molar-refractivity contribution in [2.75, 3.05) is 25.2 Å². The molecular weight excluding hydrogens is 264 g/mol. The molecule has 2 atom stereocenters. The van der Waals surface area contributed by atoms with Gasteiger partial charge in [0.1, 0.15) is 13.2 Å². The minimum absolute atomic E-state index is 0.658. The fourth-order valence-corrected chi connectivity index (χ4v) is 4.23. The van der Waals surface area contributed by atoms with Crippen molar-refractivity contribution >= 4 is 5.69 Å². The summed E-state index contributed by atoms with van der Waals surface area (Å²) in [6.45, 7) is 1.32. The van der Waals surface area contributed by atoms with E-state index in [1.165, 1.54) is 37.8 Å². The second kappa shape index (κ2) is 5.41. The summed E-state index contributed by atoms with van der Waals surface area (Å²) in [6, 6.07) is 8.46. The maximum atomic E-state index is 5.76. The standard InChI is InChI=1S/C17H24N2O2/c1-18-12-9-13-3-2-4-14(10-12)19(13)15-5-6-16-17(11-15)21-8-7-20-16/h5-6,11-14,18H,2-4,7-10H2,1H3. The van der Waals surface area contributed by atoms with Gasteiger partial charge in [0.2, 0.25) is 0 Å². The molecule has 0 aliphatic carbocycles. The van der Waals surface area contributed by atoms with Crippen molar-refractivity contribution < 1.29 is 9.47 Å². The summed E-state index contributed by atoms with van der Waals surface area (Å²) in [7, 11) is 2.10. The summed E-state index contributed by atoms with van der Waals surface area (Å²) >= 11 is 0. The van der Waals surface area contributed by atoms with E-state index in [-0.39, 0.29) is 0 Å². The van der Waals surface area contributed by atoms with Gasteiger partial charge in [0.15, 0.2) is 11.5 Å². The van der Waals surface area contributed by atoms with Gasteiger partial charge in [-0.25, -0.2) is 0 Å².